The summed E-state index contributed by atoms with van der Waals surface area (Å²) in [6, 6.07) is 5.41. The topological polar surface area (TPSA) is 74.7 Å². The first-order chi connectivity index (χ1) is 8.90. The largest absolute Gasteiger partial charge is 0.481 e. The van der Waals surface area contributed by atoms with Gasteiger partial charge in [0, 0.05) is 0 Å². The number of carboxylic acids is 1. The molecule has 1 aliphatic rings. The fourth-order valence-electron chi connectivity index (χ4n) is 2.02. The lowest BCUT2D eigenvalue weighted by atomic mass is 10.1. The van der Waals surface area contributed by atoms with E-state index < -0.39 is 22.4 Å². The van der Waals surface area contributed by atoms with Crippen molar-refractivity contribution in [3.8, 4) is 0 Å². The quantitative estimate of drug-likeness (QED) is 0.919. The molecule has 6 heteroatoms. The number of thioether (sulfide) groups is 1. The van der Waals surface area contributed by atoms with Crippen LogP contribution in [0, 0.1) is 13.8 Å². The second kappa shape index (κ2) is 5.05. The van der Waals surface area contributed by atoms with Crippen molar-refractivity contribution in [2.75, 3.05) is 4.90 Å². The maximum absolute atomic E-state index is 12.1. The van der Waals surface area contributed by atoms with Crippen LogP contribution in [0.5, 0.6) is 0 Å². The molecule has 1 atom stereocenters. The highest BCUT2D eigenvalue weighted by atomic mass is 32.2. The van der Waals surface area contributed by atoms with Crippen LogP contribution in [0.2, 0.25) is 0 Å². The van der Waals surface area contributed by atoms with Gasteiger partial charge in [0.2, 0.25) is 5.91 Å². The van der Waals surface area contributed by atoms with Crippen LogP contribution < -0.4 is 4.90 Å². The van der Waals surface area contributed by atoms with E-state index in [-0.39, 0.29) is 6.42 Å². The van der Waals surface area contributed by atoms with Gasteiger partial charge in [0.05, 0.1) is 12.1 Å². The van der Waals surface area contributed by atoms with Gasteiger partial charge >= 0.3 is 5.97 Å². The maximum atomic E-state index is 12.1. The molecule has 1 aliphatic heterocycles. The molecule has 0 radical (unpaired) electrons. The summed E-state index contributed by atoms with van der Waals surface area (Å²) in [5.41, 5.74) is 2.38. The second-order valence-corrected chi connectivity index (χ2v) is 5.59. The third kappa shape index (κ3) is 2.63. The summed E-state index contributed by atoms with van der Waals surface area (Å²) < 4.78 is 0. The second-order valence-electron chi connectivity index (χ2n) is 4.43. The Morgan fingerprint density at radius 3 is 2.63 bits per heavy atom. The van der Waals surface area contributed by atoms with E-state index in [0.717, 1.165) is 27.8 Å². The molecule has 1 unspecified atom stereocenters. The minimum atomic E-state index is -1.08. The Morgan fingerprint density at radius 1 is 1.37 bits per heavy atom. The number of hydrogen-bond acceptors (Lipinski definition) is 4. The highest BCUT2D eigenvalue weighted by molar-refractivity contribution is 8.15. The molecule has 2 amide bonds. The van der Waals surface area contributed by atoms with Gasteiger partial charge in [-0.2, -0.15) is 0 Å². The molecule has 0 bridgehead atoms. The number of aliphatic carboxylic acids is 1. The molecular formula is C13H13NO4S. The minimum Gasteiger partial charge on any atom is -0.481 e. The van der Waals surface area contributed by atoms with E-state index in [1.165, 1.54) is 0 Å². The molecule has 19 heavy (non-hydrogen) atoms. The van der Waals surface area contributed by atoms with Crippen molar-refractivity contribution >= 4 is 34.6 Å². The van der Waals surface area contributed by atoms with Crippen molar-refractivity contribution in [1.29, 1.82) is 0 Å². The van der Waals surface area contributed by atoms with Crippen molar-refractivity contribution in [2.45, 2.75) is 25.5 Å². The molecule has 1 saturated heterocycles. The molecule has 0 aromatic heterocycles. The molecule has 0 spiro atoms. The maximum Gasteiger partial charge on any atom is 0.305 e. The standard InChI is InChI=1S/C13H13NO4S/c1-7-3-4-9(8(2)5-7)14-12(17)10(6-11(15)16)19-13(14)18/h3-5,10H,6H2,1-2H3,(H,15,16). The summed E-state index contributed by atoms with van der Waals surface area (Å²) in [4.78, 5) is 35.7. The number of carbonyl (C=O) groups excluding carboxylic acids is 2. The van der Waals surface area contributed by atoms with Gasteiger partial charge < -0.3 is 5.11 Å². The third-order valence-corrected chi connectivity index (χ3v) is 3.91. The van der Waals surface area contributed by atoms with Crippen molar-refractivity contribution in [3.63, 3.8) is 0 Å². The van der Waals surface area contributed by atoms with E-state index >= 15 is 0 Å². The molecule has 2 rings (SSSR count). The van der Waals surface area contributed by atoms with E-state index in [0.29, 0.717) is 5.69 Å². The Bertz CT molecular complexity index is 570. The number of amides is 2. The van der Waals surface area contributed by atoms with Crippen LogP contribution in [0.3, 0.4) is 0 Å². The summed E-state index contributed by atoms with van der Waals surface area (Å²) in [6.45, 7) is 3.74. The van der Waals surface area contributed by atoms with E-state index in [1.54, 1.807) is 6.07 Å². The SMILES string of the molecule is Cc1ccc(N2C(=O)SC(CC(=O)O)C2=O)c(C)c1. The summed E-state index contributed by atoms with van der Waals surface area (Å²) in [7, 11) is 0. The first kappa shape index (κ1) is 13.6. The van der Waals surface area contributed by atoms with Gasteiger partial charge in [-0.1, -0.05) is 17.7 Å². The molecule has 100 valence electrons. The van der Waals surface area contributed by atoms with Gasteiger partial charge in [0.1, 0.15) is 5.25 Å². The van der Waals surface area contributed by atoms with Crippen LogP contribution in [0.4, 0.5) is 10.5 Å². The number of aryl methyl sites for hydroxylation is 2. The van der Waals surface area contributed by atoms with Gasteiger partial charge in [-0.3, -0.25) is 14.4 Å². The predicted molar refractivity (Wildman–Crippen MR) is 72.4 cm³/mol. The van der Waals surface area contributed by atoms with Gasteiger partial charge in [-0.15, -0.1) is 0 Å². The van der Waals surface area contributed by atoms with Gasteiger partial charge in [0.15, 0.2) is 0 Å². The van der Waals surface area contributed by atoms with Crippen LogP contribution in [0.15, 0.2) is 18.2 Å². The van der Waals surface area contributed by atoms with Crippen LogP contribution in [0.25, 0.3) is 0 Å². The van der Waals surface area contributed by atoms with Crippen LogP contribution in [-0.4, -0.2) is 27.5 Å². The number of benzene rings is 1. The number of imide groups is 1. The number of carbonyl (C=O) groups is 3. The lowest BCUT2D eigenvalue weighted by Crippen LogP contribution is -2.32. The predicted octanol–water partition coefficient (Wildman–Crippen LogP) is 2.35. The zero-order valence-electron chi connectivity index (χ0n) is 10.5. The number of hydrogen-bond donors (Lipinski definition) is 1. The molecule has 1 aromatic carbocycles. The average Bonchev–Trinajstić information content (AvgIpc) is 2.55. The summed E-state index contributed by atoms with van der Waals surface area (Å²) in [6.07, 6.45) is -0.337. The molecule has 1 fully saturated rings. The Kier molecular flexibility index (Phi) is 3.61. The summed E-state index contributed by atoms with van der Waals surface area (Å²) >= 11 is 0.774. The zero-order valence-corrected chi connectivity index (χ0v) is 11.4. The number of carboxylic acid groups (broad SMARTS) is 1. The van der Waals surface area contributed by atoms with Crippen molar-refractivity contribution in [3.05, 3.63) is 29.3 Å². The van der Waals surface area contributed by atoms with Crippen LogP contribution >= 0.6 is 11.8 Å². The fraction of sp³-hybridized carbons (Fsp3) is 0.308. The Hall–Kier alpha value is -1.82. The van der Waals surface area contributed by atoms with E-state index in [9.17, 15) is 14.4 Å². The van der Waals surface area contributed by atoms with Crippen molar-refractivity contribution in [2.24, 2.45) is 0 Å². The number of anilines is 1. The third-order valence-electron chi connectivity index (χ3n) is 2.87. The highest BCUT2D eigenvalue weighted by Crippen LogP contribution is 2.35. The smallest absolute Gasteiger partial charge is 0.305 e. The van der Waals surface area contributed by atoms with Gasteiger partial charge in [-0.25, -0.2) is 4.90 Å². The Morgan fingerprint density at radius 2 is 2.05 bits per heavy atom. The molecule has 1 heterocycles. The Balaban J connectivity index is 2.32. The molecule has 1 aromatic rings. The first-order valence-corrected chi connectivity index (χ1v) is 6.61. The number of rotatable bonds is 3. The lowest BCUT2D eigenvalue weighted by Gasteiger charge is -2.16. The molecule has 5 nitrogen and oxygen atoms in total. The van der Waals surface area contributed by atoms with Crippen molar-refractivity contribution in [1.82, 2.24) is 0 Å². The van der Waals surface area contributed by atoms with E-state index in [1.807, 2.05) is 26.0 Å². The molecular weight excluding hydrogens is 266 g/mol. The first-order valence-electron chi connectivity index (χ1n) is 5.74. The monoisotopic (exact) mass is 279 g/mol. The normalized spacial score (nSPS) is 19.1. The minimum absolute atomic E-state index is 0.337. The average molecular weight is 279 g/mol. The highest BCUT2D eigenvalue weighted by Gasteiger charge is 2.42. The van der Waals surface area contributed by atoms with Gasteiger partial charge in [0.25, 0.3) is 5.24 Å². The molecule has 0 aliphatic carbocycles. The van der Waals surface area contributed by atoms with Gasteiger partial charge in [-0.05, 0) is 37.2 Å². The zero-order chi connectivity index (χ0) is 14.2. The summed E-state index contributed by atoms with van der Waals surface area (Å²) in [5, 5.41) is 7.49. The van der Waals surface area contributed by atoms with E-state index in [4.69, 9.17) is 5.11 Å². The number of nitrogens with zero attached hydrogens (tertiary/aromatic N) is 1. The lowest BCUT2D eigenvalue weighted by molar-refractivity contribution is -0.138. The molecule has 1 N–H and O–H groups in total. The van der Waals surface area contributed by atoms with Crippen LogP contribution in [0.1, 0.15) is 17.5 Å². The van der Waals surface area contributed by atoms with Crippen molar-refractivity contribution < 1.29 is 19.5 Å². The van der Waals surface area contributed by atoms with Crippen LogP contribution in [-0.2, 0) is 9.59 Å². The summed E-state index contributed by atoms with van der Waals surface area (Å²) in [5.74, 6) is -1.54. The van der Waals surface area contributed by atoms with E-state index in [2.05, 4.69) is 0 Å². The molecule has 0 saturated carbocycles. The fourth-order valence-corrected chi connectivity index (χ4v) is 2.99. The Labute approximate surface area is 114 Å².